The monoisotopic (exact) mass is 450 g/mol. The average Bonchev–Trinajstić information content (AvgIpc) is 3.44. The minimum absolute atomic E-state index is 0.340. The molecule has 3 heterocycles. The van der Waals surface area contributed by atoms with Gasteiger partial charge in [0.15, 0.2) is 5.16 Å². The molecule has 0 radical (unpaired) electrons. The van der Waals surface area contributed by atoms with Crippen molar-refractivity contribution >= 4 is 29.1 Å². The van der Waals surface area contributed by atoms with Crippen LogP contribution in [0.3, 0.4) is 0 Å². The Morgan fingerprint density at radius 1 is 1.10 bits per heavy atom. The van der Waals surface area contributed by atoms with Crippen LogP contribution in [0.5, 0.6) is 0 Å². The molecule has 1 aromatic carbocycles. The number of thiophene rings is 1. The van der Waals surface area contributed by atoms with Crippen molar-refractivity contribution in [2.45, 2.75) is 36.5 Å². The third-order valence-corrected chi connectivity index (χ3v) is 6.43. The molecule has 0 bridgehead atoms. The smallest absolute Gasteiger partial charge is 0.339 e. The summed E-state index contributed by atoms with van der Waals surface area (Å²) in [5, 5.41) is 12.5. The fourth-order valence-electron chi connectivity index (χ4n) is 3.07. The number of aromatic nitrogens is 4. The molecule has 4 aromatic rings. The summed E-state index contributed by atoms with van der Waals surface area (Å²) in [6.07, 6.45) is 3.17. The highest BCUT2D eigenvalue weighted by molar-refractivity contribution is 7.99. The highest BCUT2D eigenvalue weighted by Crippen LogP contribution is 2.27. The molecule has 0 saturated carbocycles. The van der Waals surface area contributed by atoms with Crippen molar-refractivity contribution in [1.82, 2.24) is 19.7 Å². The van der Waals surface area contributed by atoms with E-state index in [0.717, 1.165) is 35.4 Å². The lowest BCUT2D eigenvalue weighted by Crippen LogP contribution is -2.08. The van der Waals surface area contributed by atoms with E-state index >= 15 is 0 Å². The van der Waals surface area contributed by atoms with Crippen molar-refractivity contribution in [3.63, 3.8) is 0 Å². The molecule has 0 aliphatic rings. The van der Waals surface area contributed by atoms with Crippen LogP contribution in [0.15, 0.2) is 76.4 Å². The number of carbonyl (C=O) groups is 1. The molecule has 0 atom stereocenters. The summed E-state index contributed by atoms with van der Waals surface area (Å²) in [5.41, 5.74) is 1.71. The van der Waals surface area contributed by atoms with Crippen LogP contribution in [0.25, 0.3) is 0 Å². The summed E-state index contributed by atoms with van der Waals surface area (Å²) < 4.78 is 7.19. The topological polar surface area (TPSA) is 69.9 Å². The number of hydrogen-bond acceptors (Lipinski definition) is 7. The maximum atomic E-state index is 11.8. The average molecular weight is 451 g/mol. The van der Waals surface area contributed by atoms with Crippen LogP contribution in [0.1, 0.15) is 33.5 Å². The molecule has 31 heavy (non-hydrogen) atoms. The fraction of sp³-hybridized carbons (Fsp3) is 0.217. The molecule has 0 aliphatic heterocycles. The Bertz CT molecular complexity index is 1110. The molecule has 4 rings (SSSR count). The Balaban J connectivity index is 1.54. The lowest BCUT2D eigenvalue weighted by molar-refractivity contribution is 0.0525. The molecule has 0 spiro atoms. The molecular formula is C23H22N4O2S2. The second-order valence-corrected chi connectivity index (χ2v) is 8.77. The molecule has 158 valence electrons. The molecule has 0 amide bonds. The van der Waals surface area contributed by atoms with Crippen LogP contribution >= 0.6 is 23.1 Å². The summed E-state index contributed by atoms with van der Waals surface area (Å²) in [5.74, 6) is 0.569. The van der Waals surface area contributed by atoms with Gasteiger partial charge in [-0.3, -0.25) is 0 Å². The Morgan fingerprint density at radius 2 is 1.97 bits per heavy atom. The molecule has 3 aromatic heterocycles. The second kappa shape index (κ2) is 10.4. The van der Waals surface area contributed by atoms with Gasteiger partial charge < -0.3 is 9.30 Å². The van der Waals surface area contributed by atoms with Gasteiger partial charge in [0.05, 0.1) is 12.2 Å². The number of rotatable bonds is 9. The van der Waals surface area contributed by atoms with Crippen molar-refractivity contribution in [2.24, 2.45) is 0 Å². The van der Waals surface area contributed by atoms with E-state index in [1.54, 1.807) is 24.3 Å². The summed E-state index contributed by atoms with van der Waals surface area (Å²) >= 11 is 3.16. The third kappa shape index (κ3) is 5.59. The fourth-order valence-corrected chi connectivity index (χ4v) is 4.59. The number of carbonyl (C=O) groups excluding carboxylic acids is 1. The molecule has 6 nitrogen and oxygen atoms in total. The summed E-state index contributed by atoms with van der Waals surface area (Å²) in [6, 6.07) is 18.1. The molecule has 0 fully saturated rings. The molecule has 8 heteroatoms. The van der Waals surface area contributed by atoms with E-state index in [-0.39, 0.29) is 5.97 Å². The van der Waals surface area contributed by atoms with Gasteiger partial charge in [0.25, 0.3) is 0 Å². The molecule has 0 unspecified atom stereocenters. The van der Waals surface area contributed by atoms with Gasteiger partial charge in [-0.05, 0) is 54.2 Å². The molecule has 0 aliphatic carbocycles. The number of hydrogen-bond donors (Lipinski definition) is 0. The SMILES string of the molecule is CCOC(=O)c1ccc(Sc2nnc(Cc3cccs3)n2CCc2ccccc2)nc1. The number of pyridine rings is 1. The van der Waals surface area contributed by atoms with Crippen molar-refractivity contribution in [1.29, 1.82) is 0 Å². The van der Waals surface area contributed by atoms with Crippen molar-refractivity contribution in [3.05, 3.63) is 88.0 Å². The summed E-state index contributed by atoms with van der Waals surface area (Å²) in [7, 11) is 0. The normalized spacial score (nSPS) is 10.9. The van der Waals surface area contributed by atoms with E-state index in [0.29, 0.717) is 12.2 Å². The van der Waals surface area contributed by atoms with E-state index in [1.165, 1.54) is 28.4 Å². The van der Waals surface area contributed by atoms with Crippen molar-refractivity contribution in [2.75, 3.05) is 6.61 Å². The Kier molecular flexibility index (Phi) is 7.11. The van der Waals surface area contributed by atoms with E-state index in [2.05, 4.69) is 61.5 Å². The number of nitrogens with zero attached hydrogens (tertiary/aromatic N) is 4. The van der Waals surface area contributed by atoms with Gasteiger partial charge in [0.1, 0.15) is 10.9 Å². The lowest BCUT2D eigenvalue weighted by Gasteiger charge is -2.10. The summed E-state index contributed by atoms with van der Waals surface area (Å²) in [6.45, 7) is 2.90. The first-order valence-corrected chi connectivity index (χ1v) is 11.7. The minimum atomic E-state index is -0.365. The predicted octanol–water partition coefficient (Wildman–Crippen LogP) is 4.90. The largest absolute Gasteiger partial charge is 0.462 e. The maximum absolute atomic E-state index is 11.8. The van der Waals surface area contributed by atoms with E-state index < -0.39 is 0 Å². The van der Waals surface area contributed by atoms with E-state index in [9.17, 15) is 4.79 Å². The minimum Gasteiger partial charge on any atom is -0.462 e. The zero-order valence-electron chi connectivity index (χ0n) is 17.1. The Morgan fingerprint density at radius 3 is 2.68 bits per heavy atom. The van der Waals surface area contributed by atoms with E-state index in [1.807, 2.05) is 12.1 Å². The highest BCUT2D eigenvalue weighted by Gasteiger charge is 2.16. The maximum Gasteiger partial charge on any atom is 0.339 e. The molecule has 0 N–H and O–H groups in total. The summed E-state index contributed by atoms with van der Waals surface area (Å²) in [4.78, 5) is 17.5. The zero-order chi connectivity index (χ0) is 21.5. The van der Waals surface area contributed by atoms with Crippen molar-refractivity contribution < 1.29 is 9.53 Å². The highest BCUT2D eigenvalue weighted by atomic mass is 32.2. The zero-order valence-corrected chi connectivity index (χ0v) is 18.7. The predicted molar refractivity (Wildman–Crippen MR) is 122 cm³/mol. The Hall–Kier alpha value is -2.97. The Labute approximate surface area is 189 Å². The van der Waals surface area contributed by atoms with E-state index in [4.69, 9.17) is 4.74 Å². The van der Waals surface area contributed by atoms with Gasteiger partial charge in [0, 0.05) is 24.0 Å². The first-order valence-electron chi connectivity index (χ1n) is 10.0. The van der Waals surface area contributed by atoms with Gasteiger partial charge in [-0.1, -0.05) is 36.4 Å². The van der Waals surface area contributed by atoms with Crippen LogP contribution in [0.4, 0.5) is 0 Å². The lowest BCUT2D eigenvalue weighted by atomic mass is 10.1. The van der Waals surface area contributed by atoms with Gasteiger partial charge >= 0.3 is 5.97 Å². The first kappa shape index (κ1) is 21.3. The molecular weight excluding hydrogens is 428 g/mol. The van der Waals surface area contributed by atoms with Crippen LogP contribution in [-0.4, -0.2) is 32.3 Å². The first-order chi connectivity index (χ1) is 15.2. The van der Waals surface area contributed by atoms with Crippen LogP contribution in [0, 0.1) is 0 Å². The number of ether oxygens (including phenoxy) is 1. The standard InChI is InChI=1S/C23H22N4O2S2/c1-2-29-22(28)18-10-11-21(24-16-18)31-23-26-25-20(15-19-9-6-14-30-19)27(23)13-12-17-7-4-3-5-8-17/h3-11,14,16H,2,12-13,15H2,1H3. The number of benzene rings is 1. The van der Waals surface area contributed by atoms with Crippen molar-refractivity contribution in [3.8, 4) is 0 Å². The van der Waals surface area contributed by atoms with Crippen LogP contribution in [-0.2, 0) is 24.1 Å². The number of aryl methyl sites for hydroxylation is 1. The molecule has 0 saturated heterocycles. The van der Waals surface area contributed by atoms with Crippen LogP contribution in [0.2, 0.25) is 0 Å². The quantitative estimate of drug-likeness (QED) is 0.338. The second-order valence-electron chi connectivity index (χ2n) is 6.75. The van der Waals surface area contributed by atoms with Gasteiger partial charge in [-0.15, -0.1) is 21.5 Å². The third-order valence-electron chi connectivity index (χ3n) is 4.62. The van der Waals surface area contributed by atoms with Gasteiger partial charge in [-0.2, -0.15) is 0 Å². The van der Waals surface area contributed by atoms with Gasteiger partial charge in [-0.25, -0.2) is 9.78 Å². The van der Waals surface area contributed by atoms with Gasteiger partial charge in [0.2, 0.25) is 0 Å². The van der Waals surface area contributed by atoms with Crippen LogP contribution < -0.4 is 0 Å². The number of esters is 1.